The fourth-order valence-corrected chi connectivity index (χ4v) is 2.47. The molecule has 116 valence electrons. The molecule has 0 heterocycles. The SMILES string of the molecule is COC(=O)C1CCC(NC(C)C(=O)OC(C)(C)C)CC1. The molecule has 1 fully saturated rings. The highest BCUT2D eigenvalue weighted by Gasteiger charge is 2.29. The number of hydrogen-bond donors (Lipinski definition) is 1. The van der Waals surface area contributed by atoms with Crippen molar-refractivity contribution < 1.29 is 19.1 Å². The van der Waals surface area contributed by atoms with E-state index in [1.165, 1.54) is 7.11 Å². The Bertz CT molecular complexity index is 340. The lowest BCUT2D eigenvalue weighted by molar-refractivity contribution is -0.157. The van der Waals surface area contributed by atoms with Gasteiger partial charge in [-0.3, -0.25) is 9.59 Å². The number of methoxy groups -OCH3 is 1. The van der Waals surface area contributed by atoms with Crippen molar-refractivity contribution in [3.8, 4) is 0 Å². The van der Waals surface area contributed by atoms with E-state index in [1.807, 2.05) is 27.7 Å². The molecule has 0 aromatic carbocycles. The van der Waals surface area contributed by atoms with Gasteiger partial charge in [-0.05, 0) is 53.4 Å². The minimum atomic E-state index is -0.463. The van der Waals surface area contributed by atoms with Gasteiger partial charge in [0.2, 0.25) is 0 Å². The van der Waals surface area contributed by atoms with Crippen LogP contribution in [0, 0.1) is 5.92 Å². The molecule has 0 amide bonds. The summed E-state index contributed by atoms with van der Waals surface area (Å²) in [5.74, 6) is -0.342. The van der Waals surface area contributed by atoms with Gasteiger partial charge in [0.15, 0.2) is 0 Å². The van der Waals surface area contributed by atoms with Crippen molar-refractivity contribution in [3.63, 3.8) is 0 Å². The number of rotatable bonds is 4. The summed E-state index contributed by atoms with van der Waals surface area (Å²) in [6.45, 7) is 7.40. The van der Waals surface area contributed by atoms with E-state index in [1.54, 1.807) is 0 Å². The summed E-state index contributed by atoms with van der Waals surface area (Å²) >= 11 is 0. The predicted molar refractivity (Wildman–Crippen MR) is 76.2 cm³/mol. The minimum Gasteiger partial charge on any atom is -0.469 e. The van der Waals surface area contributed by atoms with Gasteiger partial charge in [-0.1, -0.05) is 0 Å². The molecule has 5 nitrogen and oxygen atoms in total. The summed E-state index contributed by atoms with van der Waals surface area (Å²) in [6.07, 6.45) is 3.39. The quantitative estimate of drug-likeness (QED) is 0.801. The molecule has 0 saturated heterocycles. The third-order valence-electron chi connectivity index (χ3n) is 3.51. The van der Waals surface area contributed by atoms with E-state index >= 15 is 0 Å². The molecule has 0 radical (unpaired) electrons. The number of esters is 2. The number of hydrogen-bond acceptors (Lipinski definition) is 5. The maximum atomic E-state index is 11.9. The second-order valence-corrected chi connectivity index (χ2v) is 6.49. The maximum absolute atomic E-state index is 11.9. The van der Waals surface area contributed by atoms with E-state index in [2.05, 4.69) is 5.32 Å². The largest absolute Gasteiger partial charge is 0.469 e. The highest BCUT2D eigenvalue weighted by Crippen LogP contribution is 2.25. The Kier molecular flexibility index (Phi) is 5.99. The number of carbonyl (C=O) groups excluding carboxylic acids is 2. The van der Waals surface area contributed by atoms with Crippen LogP contribution in [0.2, 0.25) is 0 Å². The standard InChI is InChI=1S/C15H27NO4/c1-10(13(17)20-15(2,3)4)16-12-8-6-11(7-9-12)14(18)19-5/h10-12,16H,6-9H2,1-5H3. The van der Waals surface area contributed by atoms with Crippen molar-refractivity contribution in [2.24, 2.45) is 5.92 Å². The van der Waals surface area contributed by atoms with Crippen LogP contribution in [0.15, 0.2) is 0 Å². The van der Waals surface area contributed by atoms with E-state index in [0.29, 0.717) is 0 Å². The molecule has 1 saturated carbocycles. The van der Waals surface area contributed by atoms with Crippen LogP contribution < -0.4 is 5.32 Å². The van der Waals surface area contributed by atoms with Crippen molar-refractivity contribution >= 4 is 11.9 Å². The molecule has 0 bridgehead atoms. The van der Waals surface area contributed by atoms with E-state index < -0.39 is 5.60 Å². The third-order valence-corrected chi connectivity index (χ3v) is 3.51. The van der Waals surface area contributed by atoms with E-state index in [4.69, 9.17) is 9.47 Å². The van der Waals surface area contributed by atoms with Crippen molar-refractivity contribution in [1.82, 2.24) is 5.32 Å². The Morgan fingerprint density at radius 3 is 2.15 bits per heavy atom. The zero-order chi connectivity index (χ0) is 15.3. The number of carbonyl (C=O) groups is 2. The average molecular weight is 285 g/mol. The lowest BCUT2D eigenvalue weighted by atomic mass is 9.86. The summed E-state index contributed by atoms with van der Waals surface area (Å²) in [5.41, 5.74) is -0.463. The zero-order valence-electron chi connectivity index (χ0n) is 13.2. The van der Waals surface area contributed by atoms with Crippen molar-refractivity contribution in [3.05, 3.63) is 0 Å². The van der Waals surface area contributed by atoms with Crippen LogP contribution in [0.4, 0.5) is 0 Å². The molecule has 1 aliphatic carbocycles. The predicted octanol–water partition coefficient (Wildman–Crippen LogP) is 2.04. The van der Waals surface area contributed by atoms with Gasteiger partial charge in [0.1, 0.15) is 11.6 Å². The number of nitrogens with one attached hydrogen (secondary N) is 1. The van der Waals surface area contributed by atoms with Crippen molar-refractivity contribution in [2.75, 3.05) is 7.11 Å². The first-order valence-electron chi connectivity index (χ1n) is 7.29. The summed E-state index contributed by atoms with van der Waals surface area (Å²) in [4.78, 5) is 23.3. The topological polar surface area (TPSA) is 64.6 Å². The monoisotopic (exact) mass is 285 g/mol. The van der Waals surface area contributed by atoms with Gasteiger partial charge in [-0.2, -0.15) is 0 Å². The second-order valence-electron chi connectivity index (χ2n) is 6.49. The Balaban J connectivity index is 2.36. The third kappa shape index (κ3) is 5.49. The lowest BCUT2D eigenvalue weighted by Gasteiger charge is -2.30. The van der Waals surface area contributed by atoms with Crippen LogP contribution in [-0.4, -0.2) is 36.7 Å². The normalized spacial score (nSPS) is 24.9. The van der Waals surface area contributed by atoms with Gasteiger partial charge in [-0.25, -0.2) is 0 Å². The molecule has 0 spiro atoms. The van der Waals surface area contributed by atoms with Crippen LogP contribution >= 0.6 is 0 Å². The summed E-state index contributed by atoms with van der Waals surface area (Å²) in [6, 6.07) is -0.0627. The van der Waals surface area contributed by atoms with Gasteiger partial charge < -0.3 is 14.8 Å². The van der Waals surface area contributed by atoms with E-state index in [9.17, 15) is 9.59 Å². The van der Waals surface area contributed by atoms with Crippen LogP contribution in [0.1, 0.15) is 53.4 Å². The first-order valence-corrected chi connectivity index (χ1v) is 7.29. The Morgan fingerprint density at radius 2 is 1.70 bits per heavy atom. The fourth-order valence-electron chi connectivity index (χ4n) is 2.47. The highest BCUT2D eigenvalue weighted by molar-refractivity contribution is 5.75. The first-order chi connectivity index (χ1) is 9.23. The van der Waals surface area contributed by atoms with Crippen LogP contribution in [0.5, 0.6) is 0 Å². The second kappa shape index (κ2) is 7.07. The molecular formula is C15H27NO4. The molecular weight excluding hydrogens is 258 g/mol. The average Bonchev–Trinajstić information content (AvgIpc) is 2.36. The molecule has 1 aliphatic rings. The Labute approximate surface area is 121 Å². The summed E-state index contributed by atoms with van der Waals surface area (Å²) in [5, 5.41) is 3.29. The first kappa shape index (κ1) is 17.0. The molecule has 1 N–H and O–H groups in total. The maximum Gasteiger partial charge on any atom is 0.323 e. The lowest BCUT2D eigenvalue weighted by Crippen LogP contribution is -2.46. The number of ether oxygens (including phenoxy) is 2. The molecule has 0 aromatic heterocycles. The van der Waals surface area contributed by atoms with Crippen LogP contribution in [0.25, 0.3) is 0 Å². The molecule has 5 heteroatoms. The summed E-state index contributed by atoms with van der Waals surface area (Å²) in [7, 11) is 1.43. The van der Waals surface area contributed by atoms with Crippen LogP contribution in [0.3, 0.4) is 0 Å². The molecule has 1 atom stereocenters. The van der Waals surface area contributed by atoms with Gasteiger partial charge in [0.25, 0.3) is 0 Å². The van der Waals surface area contributed by atoms with Gasteiger partial charge >= 0.3 is 11.9 Å². The summed E-state index contributed by atoms with van der Waals surface area (Å²) < 4.78 is 10.1. The van der Waals surface area contributed by atoms with Crippen molar-refractivity contribution in [1.29, 1.82) is 0 Å². The molecule has 20 heavy (non-hydrogen) atoms. The Hall–Kier alpha value is -1.10. The van der Waals surface area contributed by atoms with Gasteiger partial charge in [-0.15, -0.1) is 0 Å². The van der Waals surface area contributed by atoms with E-state index in [0.717, 1.165) is 25.7 Å². The molecule has 1 unspecified atom stereocenters. The zero-order valence-corrected chi connectivity index (χ0v) is 13.2. The minimum absolute atomic E-state index is 0.00915. The molecule has 1 rings (SSSR count). The fraction of sp³-hybridized carbons (Fsp3) is 0.867. The van der Waals surface area contributed by atoms with Gasteiger partial charge in [0, 0.05) is 6.04 Å². The van der Waals surface area contributed by atoms with E-state index in [-0.39, 0.29) is 29.9 Å². The molecule has 0 aromatic rings. The Morgan fingerprint density at radius 1 is 1.15 bits per heavy atom. The smallest absolute Gasteiger partial charge is 0.323 e. The van der Waals surface area contributed by atoms with Crippen LogP contribution in [-0.2, 0) is 19.1 Å². The highest BCUT2D eigenvalue weighted by atomic mass is 16.6. The van der Waals surface area contributed by atoms with Crippen molar-refractivity contribution in [2.45, 2.75) is 71.1 Å². The van der Waals surface area contributed by atoms with Gasteiger partial charge in [0.05, 0.1) is 13.0 Å². The molecule has 0 aliphatic heterocycles.